The van der Waals surface area contributed by atoms with E-state index in [1.165, 1.54) is 12.8 Å². The van der Waals surface area contributed by atoms with Crippen molar-refractivity contribution in [2.24, 2.45) is 11.8 Å². The molecule has 4 heterocycles. The molecule has 5 rings (SSSR count). The number of hydrogen-bond acceptors (Lipinski definition) is 7. The second-order valence-corrected chi connectivity index (χ2v) is 12.3. The molecule has 8 nitrogen and oxygen atoms in total. The highest BCUT2D eigenvalue weighted by Gasteiger charge is 2.37. The van der Waals surface area contributed by atoms with Crippen molar-refractivity contribution < 1.29 is 5.11 Å². The van der Waals surface area contributed by atoms with E-state index in [4.69, 9.17) is 28.2 Å². The van der Waals surface area contributed by atoms with Crippen molar-refractivity contribution in [2.45, 2.75) is 58.1 Å². The highest BCUT2D eigenvalue weighted by atomic mass is 35.5. The predicted octanol–water partition coefficient (Wildman–Crippen LogP) is 5.31. The van der Waals surface area contributed by atoms with E-state index in [2.05, 4.69) is 26.0 Å². The van der Waals surface area contributed by atoms with Crippen LogP contribution in [0.5, 0.6) is 0 Å². The van der Waals surface area contributed by atoms with Crippen molar-refractivity contribution in [3.8, 4) is 6.07 Å². The average molecular weight is 557 g/mol. The topological polar surface area (TPSA) is 94.1 Å². The van der Waals surface area contributed by atoms with Gasteiger partial charge in [-0.2, -0.15) is 10.4 Å². The Labute approximate surface area is 234 Å². The molecule has 2 aliphatic heterocycles. The molecule has 38 heavy (non-hydrogen) atoms. The van der Waals surface area contributed by atoms with Crippen molar-refractivity contribution >= 4 is 40.2 Å². The van der Waals surface area contributed by atoms with E-state index >= 15 is 0 Å². The monoisotopic (exact) mass is 555 g/mol. The molecule has 0 bridgehead atoms. The summed E-state index contributed by atoms with van der Waals surface area (Å²) in [5, 5.41) is 25.3. The first-order valence-electron chi connectivity index (χ1n) is 13.4. The lowest BCUT2D eigenvalue weighted by Gasteiger charge is -2.47. The highest BCUT2D eigenvalue weighted by Crippen LogP contribution is 2.35. The smallest absolute Gasteiger partial charge is 0.190 e. The van der Waals surface area contributed by atoms with Crippen molar-refractivity contribution in [3.05, 3.63) is 45.7 Å². The van der Waals surface area contributed by atoms with Gasteiger partial charge < -0.3 is 14.9 Å². The molecule has 3 aromatic rings. The first-order valence-corrected chi connectivity index (χ1v) is 14.2. The van der Waals surface area contributed by atoms with Crippen LogP contribution in [0.25, 0.3) is 11.2 Å². The van der Waals surface area contributed by atoms with E-state index in [9.17, 15) is 10.4 Å². The molecule has 2 atom stereocenters. The number of nitrogens with zero attached hydrogens (tertiary/aromatic N) is 7. The Morgan fingerprint density at radius 2 is 2.00 bits per heavy atom. The molecule has 202 valence electrons. The van der Waals surface area contributed by atoms with Gasteiger partial charge in [0.1, 0.15) is 17.4 Å². The maximum absolute atomic E-state index is 10.0. The summed E-state index contributed by atoms with van der Waals surface area (Å²) in [6, 6.07) is 7.30. The molecular formula is C28H35Cl2N7O. The molecule has 10 heteroatoms. The molecule has 0 spiro atoms. The molecule has 0 radical (unpaired) electrons. The van der Waals surface area contributed by atoms with Crippen molar-refractivity contribution in [2.75, 3.05) is 37.6 Å². The number of rotatable bonds is 8. The summed E-state index contributed by atoms with van der Waals surface area (Å²) >= 11 is 12.6. The molecular weight excluding hydrogens is 521 g/mol. The fraction of sp³-hybridized carbons (Fsp3) is 0.571. The van der Waals surface area contributed by atoms with Gasteiger partial charge in [-0.15, -0.1) is 0 Å². The van der Waals surface area contributed by atoms with Crippen LogP contribution >= 0.6 is 23.2 Å². The van der Waals surface area contributed by atoms with E-state index in [1.54, 1.807) is 23.0 Å². The molecule has 2 saturated heterocycles. The molecule has 0 aliphatic carbocycles. The SMILES string of the molecule is C[C@H](c1ccc(Cl)cc1Cl)n1nc(C#N)c2ncc(N3CC([C@@H]4CCCN(CCCC(C)(C)O)C4)C3)nc21. The van der Waals surface area contributed by atoms with Crippen molar-refractivity contribution in [3.63, 3.8) is 0 Å². The normalized spacial score (nSPS) is 19.9. The van der Waals surface area contributed by atoms with Gasteiger partial charge in [-0.25, -0.2) is 14.6 Å². The summed E-state index contributed by atoms with van der Waals surface area (Å²) in [6.45, 7) is 11.0. The third kappa shape index (κ3) is 5.76. The van der Waals surface area contributed by atoms with E-state index in [0.717, 1.165) is 56.9 Å². The quantitative estimate of drug-likeness (QED) is 0.402. The minimum atomic E-state index is -0.589. The Hall–Kier alpha value is -2.44. The van der Waals surface area contributed by atoms with Crippen LogP contribution in [-0.4, -0.2) is 68.1 Å². The van der Waals surface area contributed by atoms with Gasteiger partial charge in [0, 0.05) is 29.7 Å². The van der Waals surface area contributed by atoms with Gasteiger partial charge in [0.25, 0.3) is 0 Å². The number of hydrogen-bond donors (Lipinski definition) is 1. The van der Waals surface area contributed by atoms with Crippen LogP contribution in [0, 0.1) is 23.2 Å². The fourth-order valence-electron chi connectivity index (χ4n) is 5.78. The van der Waals surface area contributed by atoms with E-state index in [-0.39, 0.29) is 11.7 Å². The Kier molecular flexibility index (Phi) is 7.84. The van der Waals surface area contributed by atoms with Crippen LogP contribution in [0.2, 0.25) is 10.0 Å². The first-order chi connectivity index (χ1) is 18.1. The molecule has 2 fully saturated rings. The van der Waals surface area contributed by atoms with Crippen LogP contribution in [0.15, 0.2) is 24.4 Å². The summed E-state index contributed by atoms with van der Waals surface area (Å²) in [5.74, 6) is 2.13. The largest absolute Gasteiger partial charge is 0.390 e. The van der Waals surface area contributed by atoms with Gasteiger partial charge >= 0.3 is 0 Å². The van der Waals surface area contributed by atoms with E-state index < -0.39 is 5.60 Å². The summed E-state index contributed by atoms with van der Waals surface area (Å²) in [7, 11) is 0. The standard InChI is InChI=1S/C28H35Cl2N7O/c1-18(22-8-7-21(29)12-23(22)30)37-27-26(24(13-31)34-37)32-14-25(33-27)36-16-20(17-36)19-6-4-10-35(15-19)11-5-9-28(2,3)38/h7-8,12,14,18-20,38H,4-6,9-11,15-17H2,1-3H3/t18-,19-/m1/s1. The van der Waals surface area contributed by atoms with Crippen molar-refractivity contribution in [1.82, 2.24) is 24.6 Å². The summed E-state index contributed by atoms with van der Waals surface area (Å²) in [5.41, 5.74) is 1.60. The second-order valence-electron chi connectivity index (χ2n) is 11.4. The van der Waals surface area contributed by atoms with E-state index in [1.807, 2.05) is 26.8 Å². The molecule has 1 aromatic carbocycles. The number of halogens is 2. The molecule has 2 aliphatic rings. The first kappa shape index (κ1) is 27.1. The summed E-state index contributed by atoms with van der Waals surface area (Å²) in [6.07, 6.45) is 6.12. The van der Waals surface area contributed by atoms with Crippen molar-refractivity contribution in [1.29, 1.82) is 5.26 Å². The number of benzene rings is 1. The van der Waals surface area contributed by atoms with Gasteiger partial charge in [0.15, 0.2) is 11.3 Å². The van der Waals surface area contributed by atoms with Crippen LogP contribution in [0.1, 0.15) is 63.8 Å². The zero-order valence-electron chi connectivity index (χ0n) is 22.2. The van der Waals surface area contributed by atoms with Gasteiger partial charge in [-0.05, 0) is 89.1 Å². The van der Waals surface area contributed by atoms with Gasteiger partial charge in [-0.3, -0.25) is 0 Å². The zero-order valence-corrected chi connectivity index (χ0v) is 23.8. The summed E-state index contributed by atoms with van der Waals surface area (Å²) in [4.78, 5) is 14.4. The maximum Gasteiger partial charge on any atom is 0.190 e. The van der Waals surface area contributed by atoms with Gasteiger partial charge in [0.05, 0.1) is 17.8 Å². The fourth-order valence-corrected chi connectivity index (χ4v) is 6.35. The second kappa shape index (κ2) is 11.0. The number of aliphatic hydroxyl groups is 1. The van der Waals surface area contributed by atoms with Crippen LogP contribution in [0.4, 0.5) is 5.82 Å². The Bertz CT molecular complexity index is 1340. The molecule has 0 amide bonds. The third-order valence-corrected chi connectivity index (χ3v) is 8.54. The predicted molar refractivity (Wildman–Crippen MR) is 151 cm³/mol. The number of likely N-dealkylation sites (tertiary alicyclic amines) is 1. The number of anilines is 1. The lowest BCUT2D eigenvalue weighted by molar-refractivity contribution is 0.0594. The lowest BCUT2D eigenvalue weighted by Crippen LogP contribution is -2.54. The lowest BCUT2D eigenvalue weighted by atomic mass is 9.80. The molecule has 0 unspecified atom stereocenters. The Morgan fingerprint density at radius 1 is 1.21 bits per heavy atom. The molecule has 1 N–H and O–H groups in total. The van der Waals surface area contributed by atoms with Gasteiger partial charge in [0.2, 0.25) is 0 Å². The molecule has 2 aromatic heterocycles. The van der Waals surface area contributed by atoms with Crippen LogP contribution in [-0.2, 0) is 0 Å². The number of fused-ring (bicyclic) bond motifs is 1. The summed E-state index contributed by atoms with van der Waals surface area (Å²) < 4.78 is 1.74. The van der Waals surface area contributed by atoms with Gasteiger partial charge in [-0.1, -0.05) is 29.3 Å². The minimum Gasteiger partial charge on any atom is -0.390 e. The Balaban J connectivity index is 1.28. The van der Waals surface area contributed by atoms with Crippen LogP contribution < -0.4 is 4.90 Å². The number of piperidine rings is 1. The van der Waals surface area contributed by atoms with Crippen LogP contribution in [0.3, 0.4) is 0 Å². The third-order valence-electron chi connectivity index (χ3n) is 7.98. The van der Waals surface area contributed by atoms with E-state index in [0.29, 0.717) is 33.0 Å². The minimum absolute atomic E-state index is 0.248. The number of aromatic nitrogens is 4. The number of nitriles is 1. The average Bonchev–Trinajstić information content (AvgIpc) is 3.20. The maximum atomic E-state index is 10.0. The highest BCUT2D eigenvalue weighted by molar-refractivity contribution is 6.35. The zero-order chi connectivity index (χ0) is 27.0. The Morgan fingerprint density at radius 3 is 2.71 bits per heavy atom. The molecule has 0 saturated carbocycles.